The van der Waals surface area contributed by atoms with E-state index in [1.54, 1.807) is 0 Å². The van der Waals surface area contributed by atoms with Crippen LogP contribution in [0.25, 0.3) is 11.4 Å². The number of anilines is 1. The van der Waals surface area contributed by atoms with Crippen LogP contribution in [0, 0.1) is 5.92 Å². The van der Waals surface area contributed by atoms with Gasteiger partial charge in [0.15, 0.2) is 0 Å². The van der Waals surface area contributed by atoms with Crippen LogP contribution in [0.15, 0.2) is 24.3 Å². The molecule has 1 saturated carbocycles. The normalized spacial score (nSPS) is 20.3. The first-order chi connectivity index (χ1) is 12.0. The Morgan fingerprint density at radius 2 is 1.96 bits per heavy atom. The molecule has 0 aliphatic heterocycles. The molecule has 0 bridgehead atoms. The van der Waals surface area contributed by atoms with E-state index < -0.39 is 0 Å². The maximum absolute atomic E-state index is 12.2. The lowest BCUT2D eigenvalue weighted by atomic mass is 9.86. The molecule has 1 N–H and O–H groups in total. The average Bonchev–Trinajstić information content (AvgIpc) is 3.05. The fourth-order valence-corrected chi connectivity index (χ4v) is 3.25. The summed E-state index contributed by atoms with van der Waals surface area (Å²) in [6.45, 7) is 2.30. The number of tetrazole rings is 1. The maximum atomic E-state index is 12.2. The Hall–Kier alpha value is -2.44. The van der Waals surface area contributed by atoms with E-state index in [9.17, 15) is 4.79 Å². The van der Waals surface area contributed by atoms with Crippen LogP contribution >= 0.6 is 0 Å². The molecule has 1 aromatic carbocycles. The predicted molar refractivity (Wildman–Crippen MR) is 97.1 cm³/mol. The monoisotopic (exact) mass is 342 g/mol. The third kappa shape index (κ3) is 4.35. The first-order valence-electron chi connectivity index (χ1n) is 8.88. The zero-order chi connectivity index (χ0) is 17.8. The van der Waals surface area contributed by atoms with E-state index in [1.807, 2.05) is 43.3 Å². The molecule has 7 heteroatoms. The minimum absolute atomic E-state index is 0.0503. The molecule has 25 heavy (non-hydrogen) atoms. The Balaban J connectivity index is 1.60. The minimum atomic E-state index is -0.0503. The number of aromatic nitrogens is 4. The predicted octanol–water partition coefficient (Wildman–Crippen LogP) is 2.10. The molecule has 0 saturated heterocycles. The quantitative estimate of drug-likeness (QED) is 0.900. The summed E-state index contributed by atoms with van der Waals surface area (Å²) in [5, 5.41) is 15.5. The second-order valence-corrected chi connectivity index (χ2v) is 7.02. The molecule has 3 rings (SSSR count). The van der Waals surface area contributed by atoms with E-state index in [2.05, 4.69) is 27.7 Å². The molecule has 0 radical (unpaired) electrons. The smallest absolute Gasteiger partial charge is 0.243 e. The van der Waals surface area contributed by atoms with Crippen LogP contribution in [0.1, 0.15) is 32.6 Å². The lowest BCUT2D eigenvalue weighted by Gasteiger charge is -2.29. The highest BCUT2D eigenvalue weighted by Crippen LogP contribution is 2.23. The van der Waals surface area contributed by atoms with Gasteiger partial charge in [-0.2, -0.15) is 4.80 Å². The number of hydrogen-bond donors (Lipinski definition) is 1. The molecule has 1 amide bonds. The molecule has 0 unspecified atom stereocenters. The van der Waals surface area contributed by atoms with Gasteiger partial charge in [-0.3, -0.25) is 4.79 Å². The number of nitrogens with zero attached hydrogens (tertiary/aromatic N) is 5. The van der Waals surface area contributed by atoms with E-state index in [4.69, 9.17) is 0 Å². The second-order valence-electron chi connectivity index (χ2n) is 7.02. The van der Waals surface area contributed by atoms with Gasteiger partial charge in [-0.1, -0.05) is 19.8 Å². The standard InChI is InChI=1S/C18H26N6O/c1-13-6-4-5-7-16(13)19-17(25)12-24-21-18(20-22-24)14-8-10-15(11-9-14)23(2)3/h8-11,13,16H,4-7,12H2,1-3H3,(H,19,25)/t13-,16-/m1/s1. The van der Waals surface area contributed by atoms with E-state index >= 15 is 0 Å². The van der Waals surface area contributed by atoms with Gasteiger partial charge in [0, 0.05) is 31.4 Å². The molecule has 7 nitrogen and oxygen atoms in total. The number of nitrogens with one attached hydrogen (secondary N) is 1. The van der Waals surface area contributed by atoms with Gasteiger partial charge in [0.1, 0.15) is 6.54 Å². The van der Waals surface area contributed by atoms with Crippen molar-refractivity contribution in [1.29, 1.82) is 0 Å². The Morgan fingerprint density at radius 3 is 2.64 bits per heavy atom. The van der Waals surface area contributed by atoms with Crippen molar-refractivity contribution in [3.8, 4) is 11.4 Å². The topological polar surface area (TPSA) is 75.9 Å². The van der Waals surface area contributed by atoms with Crippen LogP contribution in [0.2, 0.25) is 0 Å². The summed E-state index contributed by atoms with van der Waals surface area (Å²) in [6.07, 6.45) is 4.68. The molecule has 1 heterocycles. The van der Waals surface area contributed by atoms with Gasteiger partial charge in [0.25, 0.3) is 0 Å². The zero-order valence-corrected chi connectivity index (χ0v) is 15.1. The number of carbonyl (C=O) groups excluding carboxylic acids is 1. The first kappa shape index (κ1) is 17.4. The minimum Gasteiger partial charge on any atom is -0.378 e. The van der Waals surface area contributed by atoms with E-state index in [0.717, 1.165) is 17.7 Å². The highest BCUT2D eigenvalue weighted by molar-refractivity contribution is 5.75. The van der Waals surface area contributed by atoms with Crippen LogP contribution in [0.5, 0.6) is 0 Å². The lowest BCUT2D eigenvalue weighted by molar-refractivity contribution is -0.123. The highest BCUT2D eigenvalue weighted by atomic mass is 16.2. The lowest BCUT2D eigenvalue weighted by Crippen LogP contribution is -2.42. The third-order valence-corrected chi connectivity index (χ3v) is 4.84. The number of amides is 1. The van der Waals surface area contributed by atoms with E-state index in [-0.39, 0.29) is 18.5 Å². The molecule has 1 fully saturated rings. The van der Waals surface area contributed by atoms with Crippen molar-refractivity contribution in [3.05, 3.63) is 24.3 Å². The van der Waals surface area contributed by atoms with E-state index in [0.29, 0.717) is 11.7 Å². The van der Waals surface area contributed by atoms with Crippen LogP contribution in [-0.4, -0.2) is 46.3 Å². The molecular formula is C18H26N6O. The summed E-state index contributed by atoms with van der Waals surface area (Å²) in [5.74, 6) is 1.02. The Labute approximate surface area is 148 Å². The molecule has 1 aliphatic rings. The van der Waals surface area contributed by atoms with Crippen molar-refractivity contribution < 1.29 is 4.79 Å². The molecule has 1 aromatic heterocycles. The van der Waals surface area contributed by atoms with Gasteiger partial charge >= 0.3 is 0 Å². The van der Waals surface area contributed by atoms with Crippen LogP contribution in [0.4, 0.5) is 5.69 Å². The fraction of sp³-hybridized carbons (Fsp3) is 0.556. The summed E-state index contributed by atoms with van der Waals surface area (Å²) >= 11 is 0. The number of rotatable bonds is 5. The Morgan fingerprint density at radius 1 is 1.24 bits per heavy atom. The van der Waals surface area contributed by atoms with Gasteiger partial charge in [0.05, 0.1) is 0 Å². The Kier molecular flexibility index (Phi) is 5.31. The molecule has 0 spiro atoms. The largest absolute Gasteiger partial charge is 0.378 e. The summed E-state index contributed by atoms with van der Waals surface area (Å²) in [6, 6.07) is 8.20. The fourth-order valence-electron chi connectivity index (χ4n) is 3.25. The zero-order valence-electron chi connectivity index (χ0n) is 15.1. The highest BCUT2D eigenvalue weighted by Gasteiger charge is 2.23. The third-order valence-electron chi connectivity index (χ3n) is 4.84. The summed E-state index contributed by atoms with van der Waals surface area (Å²) in [4.78, 5) is 15.6. The molecule has 1 aliphatic carbocycles. The number of benzene rings is 1. The summed E-state index contributed by atoms with van der Waals surface area (Å²) in [7, 11) is 3.99. The summed E-state index contributed by atoms with van der Waals surface area (Å²) in [5.41, 5.74) is 2.00. The summed E-state index contributed by atoms with van der Waals surface area (Å²) < 4.78 is 0. The SMILES string of the molecule is C[C@@H]1CCCC[C@H]1NC(=O)Cn1nnc(-c2ccc(N(C)C)cc2)n1. The number of hydrogen-bond acceptors (Lipinski definition) is 5. The van der Waals surface area contributed by atoms with Crippen LogP contribution < -0.4 is 10.2 Å². The molecule has 134 valence electrons. The van der Waals surface area contributed by atoms with Gasteiger partial charge < -0.3 is 10.2 Å². The maximum Gasteiger partial charge on any atom is 0.243 e. The molecule has 2 atom stereocenters. The van der Waals surface area contributed by atoms with Crippen LogP contribution in [0.3, 0.4) is 0 Å². The van der Waals surface area contributed by atoms with Crippen molar-refractivity contribution in [3.63, 3.8) is 0 Å². The van der Waals surface area contributed by atoms with Crippen molar-refractivity contribution >= 4 is 11.6 Å². The van der Waals surface area contributed by atoms with Crippen molar-refractivity contribution in [2.45, 2.75) is 45.2 Å². The van der Waals surface area contributed by atoms with Gasteiger partial charge in [0.2, 0.25) is 11.7 Å². The Bertz CT molecular complexity index is 709. The van der Waals surface area contributed by atoms with Crippen molar-refractivity contribution in [2.24, 2.45) is 5.92 Å². The van der Waals surface area contributed by atoms with Gasteiger partial charge in [-0.25, -0.2) is 0 Å². The van der Waals surface area contributed by atoms with Gasteiger partial charge in [-0.15, -0.1) is 10.2 Å². The van der Waals surface area contributed by atoms with Gasteiger partial charge in [-0.05, 0) is 48.2 Å². The second kappa shape index (κ2) is 7.63. The first-order valence-corrected chi connectivity index (χ1v) is 8.88. The van der Waals surface area contributed by atoms with Crippen LogP contribution in [-0.2, 0) is 11.3 Å². The number of carbonyl (C=O) groups is 1. The van der Waals surface area contributed by atoms with Crippen molar-refractivity contribution in [2.75, 3.05) is 19.0 Å². The van der Waals surface area contributed by atoms with Crippen molar-refractivity contribution in [1.82, 2.24) is 25.5 Å². The van der Waals surface area contributed by atoms with E-state index in [1.165, 1.54) is 24.1 Å². The average molecular weight is 342 g/mol. The molecular weight excluding hydrogens is 316 g/mol. The molecule has 2 aromatic rings.